The molecular formula is C13H23N2O2+. The van der Waals surface area contributed by atoms with Crippen LogP contribution in [0.15, 0.2) is 12.5 Å². The number of nitrogens with zero attached hydrogens (tertiary/aromatic N) is 2. The molecule has 0 saturated heterocycles. The summed E-state index contributed by atoms with van der Waals surface area (Å²) in [4.78, 5) is 11.1. The Morgan fingerprint density at radius 3 is 2.88 bits per heavy atom. The van der Waals surface area contributed by atoms with E-state index in [2.05, 4.69) is 28.8 Å². The lowest BCUT2D eigenvalue weighted by molar-refractivity contribution is -0.703. The van der Waals surface area contributed by atoms with Gasteiger partial charge in [-0.05, 0) is 12.8 Å². The normalized spacial score (nSPS) is 10.5. The molecule has 0 radical (unpaired) electrons. The topological polar surface area (TPSA) is 35.1 Å². The first-order valence-electron chi connectivity index (χ1n) is 6.28. The Balaban J connectivity index is 2.54. The van der Waals surface area contributed by atoms with Crippen LogP contribution in [0.4, 0.5) is 0 Å². The molecule has 96 valence electrons. The van der Waals surface area contributed by atoms with E-state index in [9.17, 15) is 4.79 Å². The lowest BCUT2D eigenvalue weighted by Gasteiger charge is -2.01. The minimum Gasteiger partial charge on any atom is -0.469 e. The van der Waals surface area contributed by atoms with Gasteiger partial charge in [0.25, 0.3) is 0 Å². The maximum atomic E-state index is 11.1. The molecule has 0 aliphatic heterocycles. The Hall–Kier alpha value is -1.32. The molecule has 4 heteroatoms. The molecule has 0 spiro atoms. The quantitative estimate of drug-likeness (QED) is 0.411. The summed E-state index contributed by atoms with van der Waals surface area (Å²) >= 11 is 0. The molecule has 1 aromatic heterocycles. The molecule has 0 bridgehead atoms. The van der Waals surface area contributed by atoms with Crippen LogP contribution in [0.1, 0.15) is 38.3 Å². The number of imidazole rings is 1. The van der Waals surface area contributed by atoms with Crippen molar-refractivity contribution < 1.29 is 14.1 Å². The molecule has 0 saturated carbocycles. The zero-order chi connectivity index (χ0) is 12.7. The van der Waals surface area contributed by atoms with Crippen molar-refractivity contribution in [1.29, 1.82) is 0 Å². The summed E-state index contributed by atoms with van der Waals surface area (Å²) in [6.07, 6.45) is 9.03. The van der Waals surface area contributed by atoms with Crippen molar-refractivity contribution in [3.63, 3.8) is 0 Å². The molecule has 4 nitrogen and oxygen atoms in total. The summed E-state index contributed by atoms with van der Waals surface area (Å²) in [6, 6.07) is 0. The molecule has 0 aliphatic carbocycles. The average molecular weight is 239 g/mol. The first-order valence-corrected chi connectivity index (χ1v) is 6.28. The predicted molar refractivity (Wildman–Crippen MR) is 65.5 cm³/mol. The van der Waals surface area contributed by atoms with Crippen LogP contribution < -0.4 is 4.57 Å². The fourth-order valence-electron chi connectivity index (χ4n) is 1.91. The molecule has 0 aromatic carbocycles. The van der Waals surface area contributed by atoms with Crippen molar-refractivity contribution in [3.8, 4) is 0 Å². The second kappa shape index (κ2) is 7.09. The molecule has 0 fully saturated rings. The van der Waals surface area contributed by atoms with Crippen LogP contribution in [-0.4, -0.2) is 17.6 Å². The molecule has 1 rings (SSSR count). The van der Waals surface area contributed by atoms with Crippen LogP contribution in [0.25, 0.3) is 0 Å². The summed E-state index contributed by atoms with van der Waals surface area (Å²) in [6.45, 7) is 3.24. The van der Waals surface area contributed by atoms with E-state index in [0.29, 0.717) is 6.42 Å². The Bertz CT molecular complexity index is 358. The Morgan fingerprint density at radius 1 is 1.47 bits per heavy atom. The number of hydrogen-bond acceptors (Lipinski definition) is 2. The van der Waals surface area contributed by atoms with Gasteiger partial charge in [0.15, 0.2) is 0 Å². The maximum absolute atomic E-state index is 11.1. The smallest absolute Gasteiger partial charge is 0.305 e. The van der Waals surface area contributed by atoms with E-state index in [1.54, 1.807) is 0 Å². The van der Waals surface area contributed by atoms with Gasteiger partial charge in [0.2, 0.25) is 6.33 Å². The standard InChI is InChI=1S/C13H23N2O2/c1-4-5-6-9-15-11-14(2)10-12(15)7-8-13(16)17-3/h10-11H,4-9H2,1-3H3/q+1. The third-order valence-corrected chi connectivity index (χ3v) is 2.86. The summed E-state index contributed by atoms with van der Waals surface area (Å²) < 4.78 is 8.94. The highest BCUT2D eigenvalue weighted by atomic mass is 16.5. The summed E-state index contributed by atoms with van der Waals surface area (Å²) in [7, 11) is 3.45. The van der Waals surface area contributed by atoms with E-state index in [4.69, 9.17) is 0 Å². The molecule has 1 aromatic rings. The van der Waals surface area contributed by atoms with E-state index >= 15 is 0 Å². The number of aryl methyl sites for hydroxylation is 3. The van der Waals surface area contributed by atoms with Gasteiger partial charge in [-0.1, -0.05) is 13.3 Å². The van der Waals surface area contributed by atoms with Crippen molar-refractivity contribution in [3.05, 3.63) is 18.2 Å². The number of ether oxygens (including phenoxy) is 1. The first-order chi connectivity index (χ1) is 8.17. The van der Waals surface area contributed by atoms with Crippen LogP contribution in [0.5, 0.6) is 0 Å². The number of aromatic nitrogens is 2. The lowest BCUT2D eigenvalue weighted by atomic mass is 10.2. The maximum Gasteiger partial charge on any atom is 0.305 e. The second-order valence-corrected chi connectivity index (χ2v) is 4.38. The number of hydrogen-bond donors (Lipinski definition) is 0. The van der Waals surface area contributed by atoms with Gasteiger partial charge in [-0.15, -0.1) is 0 Å². The third-order valence-electron chi connectivity index (χ3n) is 2.86. The van der Waals surface area contributed by atoms with Gasteiger partial charge in [-0.25, -0.2) is 9.13 Å². The van der Waals surface area contributed by atoms with Gasteiger partial charge in [-0.2, -0.15) is 0 Å². The second-order valence-electron chi connectivity index (χ2n) is 4.38. The fourth-order valence-corrected chi connectivity index (χ4v) is 1.91. The number of rotatable bonds is 7. The number of esters is 1. The van der Waals surface area contributed by atoms with E-state index in [1.165, 1.54) is 32.1 Å². The number of carbonyl (C=O) groups excluding carboxylic acids is 1. The van der Waals surface area contributed by atoms with E-state index < -0.39 is 0 Å². The van der Waals surface area contributed by atoms with Gasteiger partial charge in [0.05, 0.1) is 27.1 Å². The van der Waals surface area contributed by atoms with Gasteiger partial charge in [0, 0.05) is 6.42 Å². The van der Waals surface area contributed by atoms with E-state index in [1.807, 2.05) is 11.6 Å². The first kappa shape index (κ1) is 13.7. The highest BCUT2D eigenvalue weighted by Gasteiger charge is 2.13. The van der Waals surface area contributed by atoms with Crippen molar-refractivity contribution in [2.24, 2.45) is 7.05 Å². The Kier molecular flexibility index (Phi) is 5.73. The number of unbranched alkanes of at least 4 members (excludes halogenated alkanes) is 2. The van der Waals surface area contributed by atoms with E-state index in [-0.39, 0.29) is 5.97 Å². The van der Waals surface area contributed by atoms with Crippen LogP contribution in [-0.2, 0) is 29.5 Å². The van der Waals surface area contributed by atoms with Crippen LogP contribution >= 0.6 is 0 Å². The Labute approximate surface area is 103 Å². The highest BCUT2D eigenvalue weighted by Crippen LogP contribution is 2.01. The van der Waals surface area contributed by atoms with Crippen molar-refractivity contribution in [2.45, 2.75) is 45.6 Å². The van der Waals surface area contributed by atoms with Gasteiger partial charge in [0.1, 0.15) is 11.9 Å². The van der Waals surface area contributed by atoms with Crippen molar-refractivity contribution >= 4 is 5.97 Å². The molecule has 1 heterocycles. The van der Waals surface area contributed by atoms with Crippen molar-refractivity contribution in [1.82, 2.24) is 4.57 Å². The molecule has 17 heavy (non-hydrogen) atoms. The summed E-state index contributed by atoms with van der Waals surface area (Å²) in [5.74, 6) is -0.144. The summed E-state index contributed by atoms with van der Waals surface area (Å²) in [5, 5.41) is 0. The molecular weight excluding hydrogens is 216 g/mol. The van der Waals surface area contributed by atoms with Crippen LogP contribution in [0.3, 0.4) is 0 Å². The molecule has 0 unspecified atom stereocenters. The molecule has 0 atom stereocenters. The number of carbonyl (C=O) groups is 1. The SMILES string of the molecule is CCCCC[n+]1cn(C)cc1CCC(=O)OC. The summed E-state index contributed by atoms with van der Waals surface area (Å²) in [5.41, 5.74) is 1.20. The van der Waals surface area contributed by atoms with Crippen LogP contribution in [0.2, 0.25) is 0 Å². The number of methoxy groups -OCH3 is 1. The third kappa shape index (κ3) is 4.59. The van der Waals surface area contributed by atoms with Crippen molar-refractivity contribution in [2.75, 3.05) is 7.11 Å². The predicted octanol–water partition coefficient (Wildman–Crippen LogP) is 1.61. The molecule has 0 N–H and O–H groups in total. The van der Waals surface area contributed by atoms with Gasteiger partial charge >= 0.3 is 5.97 Å². The minimum absolute atomic E-state index is 0.144. The minimum atomic E-state index is -0.144. The highest BCUT2D eigenvalue weighted by molar-refractivity contribution is 5.69. The zero-order valence-electron chi connectivity index (χ0n) is 11.1. The van der Waals surface area contributed by atoms with Gasteiger partial charge in [-0.3, -0.25) is 4.79 Å². The zero-order valence-corrected chi connectivity index (χ0v) is 11.1. The lowest BCUT2D eigenvalue weighted by Crippen LogP contribution is -2.36. The van der Waals surface area contributed by atoms with E-state index in [0.717, 1.165) is 13.0 Å². The molecule has 0 aliphatic rings. The Morgan fingerprint density at radius 2 is 2.24 bits per heavy atom. The molecule has 0 amide bonds. The largest absolute Gasteiger partial charge is 0.469 e. The average Bonchev–Trinajstić information content (AvgIpc) is 2.67. The fraction of sp³-hybridized carbons (Fsp3) is 0.692. The van der Waals surface area contributed by atoms with Gasteiger partial charge < -0.3 is 4.74 Å². The monoisotopic (exact) mass is 239 g/mol. The van der Waals surface area contributed by atoms with Crippen LogP contribution in [0, 0.1) is 0 Å².